The molecule has 0 radical (unpaired) electrons. The van der Waals surface area contributed by atoms with Crippen molar-refractivity contribution in [3.8, 4) is 11.5 Å². The van der Waals surface area contributed by atoms with E-state index in [1.807, 2.05) is 18.2 Å². The van der Waals surface area contributed by atoms with Gasteiger partial charge >= 0.3 is 0 Å². The van der Waals surface area contributed by atoms with Gasteiger partial charge < -0.3 is 14.8 Å². The average molecular weight is 251 g/mol. The molecule has 3 heteroatoms. The van der Waals surface area contributed by atoms with Crippen molar-refractivity contribution in [2.75, 3.05) is 13.7 Å². The molecule has 0 fully saturated rings. The highest BCUT2D eigenvalue weighted by Gasteiger charge is 2.06. The molecule has 0 saturated heterocycles. The molecule has 18 heavy (non-hydrogen) atoms. The zero-order chi connectivity index (χ0) is 13.4. The fourth-order valence-electron chi connectivity index (χ4n) is 1.60. The number of hydrogen-bond donors (Lipinski definition) is 1. The summed E-state index contributed by atoms with van der Waals surface area (Å²) in [7, 11) is 1.69. The fraction of sp³-hybridized carbons (Fsp3) is 0.600. The van der Waals surface area contributed by atoms with Crippen molar-refractivity contribution < 1.29 is 9.47 Å². The van der Waals surface area contributed by atoms with Crippen LogP contribution in [0.5, 0.6) is 11.5 Å². The quantitative estimate of drug-likeness (QED) is 0.719. The molecule has 0 amide bonds. The lowest BCUT2D eigenvalue weighted by Gasteiger charge is -2.14. The maximum absolute atomic E-state index is 5.81. The van der Waals surface area contributed by atoms with Crippen LogP contribution in [0.4, 0.5) is 0 Å². The number of ether oxygens (including phenoxy) is 2. The van der Waals surface area contributed by atoms with Crippen LogP contribution < -0.4 is 14.8 Å². The Morgan fingerprint density at radius 1 is 1.28 bits per heavy atom. The molecule has 0 unspecified atom stereocenters. The SMILES string of the molecule is CCCCOc1ccc(OC)cc1CNC(C)C. The van der Waals surface area contributed by atoms with E-state index in [2.05, 4.69) is 26.1 Å². The minimum atomic E-state index is 0.458. The molecular formula is C15H25NO2. The Labute approximate surface area is 110 Å². The summed E-state index contributed by atoms with van der Waals surface area (Å²) >= 11 is 0. The van der Waals surface area contributed by atoms with Crippen LogP contribution in [0.1, 0.15) is 39.2 Å². The standard InChI is InChI=1S/C15H25NO2/c1-5-6-9-18-15-8-7-14(17-4)10-13(15)11-16-12(2)3/h7-8,10,12,16H,5-6,9,11H2,1-4H3. The van der Waals surface area contributed by atoms with Crippen LogP contribution in [0.15, 0.2) is 18.2 Å². The van der Waals surface area contributed by atoms with Gasteiger partial charge in [-0.25, -0.2) is 0 Å². The van der Waals surface area contributed by atoms with Crippen molar-refractivity contribution in [3.05, 3.63) is 23.8 Å². The summed E-state index contributed by atoms with van der Waals surface area (Å²) in [5.74, 6) is 1.83. The second-order valence-corrected chi connectivity index (χ2v) is 4.71. The third kappa shape index (κ3) is 4.96. The first-order valence-electron chi connectivity index (χ1n) is 6.70. The van der Waals surface area contributed by atoms with E-state index in [4.69, 9.17) is 9.47 Å². The van der Waals surface area contributed by atoms with Crippen LogP contribution in [0.3, 0.4) is 0 Å². The van der Waals surface area contributed by atoms with Crippen molar-refractivity contribution in [2.24, 2.45) is 0 Å². The molecule has 102 valence electrons. The zero-order valence-corrected chi connectivity index (χ0v) is 12.0. The Hall–Kier alpha value is -1.22. The van der Waals surface area contributed by atoms with Gasteiger partial charge in [0.15, 0.2) is 0 Å². The van der Waals surface area contributed by atoms with Crippen LogP contribution in [-0.4, -0.2) is 19.8 Å². The number of unbranched alkanes of at least 4 members (excludes halogenated alkanes) is 1. The molecule has 0 aliphatic heterocycles. The smallest absolute Gasteiger partial charge is 0.124 e. The highest BCUT2D eigenvalue weighted by molar-refractivity contribution is 5.40. The predicted molar refractivity (Wildman–Crippen MR) is 75.4 cm³/mol. The maximum Gasteiger partial charge on any atom is 0.124 e. The van der Waals surface area contributed by atoms with Crippen molar-refractivity contribution in [1.29, 1.82) is 0 Å². The molecule has 0 aliphatic rings. The van der Waals surface area contributed by atoms with Crippen molar-refractivity contribution in [3.63, 3.8) is 0 Å². The summed E-state index contributed by atoms with van der Waals surface area (Å²) in [5, 5.41) is 3.41. The highest BCUT2D eigenvalue weighted by atomic mass is 16.5. The van der Waals surface area contributed by atoms with Crippen LogP contribution in [0.25, 0.3) is 0 Å². The first kappa shape index (κ1) is 14.8. The number of methoxy groups -OCH3 is 1. The monoisotopic (exact) mass is 251 g/mol. The maximum atomic E-state index is 5.81. The number of benzene rings is 1. The molecule has 3 nitrogen and oxygen atoms in total. The van der Waals surface area contributed by atoms with Gasteiger partial charge in [-0.2, -0.15) is 0 Å². The summed E-state index contributed by atoms with van der Waals surface area (Å²) in [6.45, 7) is 8.02. The van der Waals surface area contributed by atoms with Crippen molar-refractivity contribution in [2.45, 2.75) is 46.2 Å². The van der Waals surface area contributed by atoms with E-state index in [1.165, 1.54) is 0 Å². The fourth-order valence-corrected chi connectivity index (χ4v) is 1.60. The summed E-state index contributed by atoms with van der Waals surface area (Å²) in [6.07, 6.45) is 2.23. The first-order valence-corrected chi connectivity index (χ1v) is 6.70. The van der Waals surface area contributed by atoms with Gasteiger partial charge in [0.1, 0.15) is 11.5 Å². The average Bonchev–Trinajstić information content (AvgIpc) is 2.37. The Balaban J connectivity index is 2.72. The molecule has 1 rings (SSSR count). The van der Waals surface area contributed by atoms with Gasteiger partial charge in [0, 0.05) is 18.2 Å². The van der Waals surface area contributed by atoms with Crippen LogP contribution >= 0.6 is 0 Å². The minimum Gasteiger partial charge on any atom is -0.497 e. The Bertz CT molecular complexity index is 350. The van der Waals surface area contributed by atoms with E-state index in [0.29, 0.717) is 6.04 Å². The van der Waals surface area contributed by atoms with E-state index in [1.54, 1.807) is 7.11 Å². The van der Waals surface area contributed by atoms with E-state index < -0.39 is 0 Å². The third-order valence-electron chi connectivity index (χ3n) is 2.72. The largest absolute Gasteiger partial charge is 0.497 e. The van der Waals surface area contributed by atoms with E-state index in [-0.39, 0.29) is 0 Å². The molecular weight excluding hydrogens is 226 g/mol. The minimum absolute atomic E-state index is 0.458. The second kappa shape index (κ2) is 7.98. The first-order chi connectivity index (χ1) is 8.67. The molecule has 0 aliphatic carbocycles. The van der Waals surface area contributed by atoms with Gasteiger partial charge in [0.2, 0.25) is 0 Å². The normalized spacial score (nSPS) is 10.7. The lowest BCUT2D eigenvalue weighted by atomic mass is 10.1. The predicted octanol–water partition coefficient (Wildman–Crippen LogP) is 3.37. The molecule has 0 saturated carbocycles. The third-order valence-corrected chi connectivity index (χ3v) is 2.72. The van der Waals surface area contributed by atoms with Crippen molar-refractivity contribution in [1.82, 2.24) is 5.32 Å². The van der Waals surface area contributed by atoms with Gasteiger partial charge in [0.05, 0.1) is 13.7 Å². The Morgan fingerprint density at radius 3 is 2.67 bits per heavy atom. The summed E-state index contributed by atoms with van der Waals surface area (Å²) in [5.41, 5.74) is 1.15. The lowest BCUT2D eigenvalue weighted by molar-refractivity contribution is 0.304. The number of rotatable bonds is 8. The second-order valence-electron chi connectivity index (χ2n) is 4.71. The highest BCUT2D eigenvalue weighted by Crippen LogP contribution is 2.24. The molecule has 0 spiro atoms. The lowest BCUT2D eigenvalue weighted by Crippen LogP contribution is -2.22. The van der Waals surface area contributed by atoms with Crippen LogP contribution in [-0.2, 0) is 6.54 Å². The molecule has 0 aromatic heterocycles. The van der Waals surface area contributed by atoms with Crippen LogP contribution in [0, 0.1) is 0 Å². The van der Waals surface area contributed by atoms with Gasteiger partial charge in [-0.15, -0.1) is 0 Å². The zero-order valence-electron chi connectivity index (χ0n) is 12.0. The molecule has 0 bridgehead atoms. The van der Waals surface area contributed by atoms with Gasteiger partial charge in [-0.05, 0) is 24.6 Å². The number of hydrogen-bond acceptors (Lipinski definition) is 3. The van der Waals surface area contributed by atoms with E-state index >= 15 is 0 Å². The van der Waals surface area contributed by atoms with Crippen molar-refractivity contribution >= 4 is 0 Å². The van der Waals surface area contributed by atoms with E-state index in [0.717, 1.165) is 43.1 Å². The Morgan fingerprint density at radius 2 is 2.06 bits per heavy atom. The van der Waals surface area contributed by atoms with Gasteiger partial charge in [0.25, 0.3) is 0 Å². The summed E-state index contributed by atoms with van der Waals surface area (Å²) < 4.78 is 11.1. The summed E-state index contributed by atoms with van der Waals surface area (Å²) in [4.78, 5) is 0. The topological polar surface area (TPSA) is 30.5 Å². The van der Waals surface area contributed by atoms with Crippen LogP contribution in [0.2, 0.25) is 0 Å². The van der Waals surface area contributed by atoms with Gasteiger partial charge in [-0.1, -0.05) is 27.2 Å². The number of nitrogens with one attached hydrogen (secondary N) is 1. The molecule has 1 aromatic rings. The summed E-state index contributed by atoms with van der Waals surface area (Å²) in [6, 6.07) is 6.43. The molecule has 0 atom stereocenters. The molecule has 1 N–H and O–H groups in total. The molecule has 1 aromatic carbocycles. The molecule has 0 heterocycles. The van der Waals surface area contributed by atoms with Gasteiger partial charge in [-0.3, -0.25) is 0 Å². The Kier molecular flexibility index (Phi) is 6.58. The van der Waals surface area contributed by atoms with E-state index in [9.17, 15) is 0 Å².